The number of imide groups is 1. The molecule has 1 aliphatic heterocycles. The molecule has 0 saturated heterocycles. The third-order valence-electron chi connectivity index (χ3n) is 5.75. The smallest absolute Gasteiger partial charge is 0.278 e. The van der Waals surface area contributed by atoms with Crippen molar-refractivity contribution in [3.8, 4) is 0 Å². The van der Waals surface area contributed by atoms with E-state index in [2.05, 4.69) is 24.1 Å². The molecule has 0 fully saturated rings. The van der Waals surface area contributed by atoms with Crippen molar-refractivity contribution in [3.05, 3.63) is 101 Å². The Bertz CT molecular complexity index is 1170. The number of halogens is 1. The van der Waals surface area contributed by atoms with Crippen LogP contribution >= 0.6 is 11.6 Å². The molecule has 0 bridgehead atoms. The first-order chi connectivity index (χ1) is 16.0. The molecule has 1 aliphatic rings. The quantitative estimate of drug-likeness (QED) is 0.447. The van der Waals surface area contributed by atoms with Gasteiger partial charge >= 0.3 is 0 Å². The molecular weight excluding hydrogens is 434 g/mol. The van der Waals surface area contributed by atoms with Gasteiger partial charge in [0.05, 0.1) is 12.1 Å². The monoisotopic (exact) mass is 459 g/mol. The first kappa shape index (κ1) is 22.6. The number of hydrogen-bond acceptors (Lipinski definition) is 4. The summed E-state index contributed by atoms with van der Waals surface area (Å²) in [4.78, 5) is 30.3. The van der Waals surface area contributed by atoms with Crippen LogP contribution in [0.25, 0.3) is 5.57 Å². The van der Waals surface area contributed by atoms with Crippen molar-refractivity contribution in [3.63, 3.8) is 0 Å². The Hall–Kier alpha value is -3.57. The summed E-state index contributed by atoms with van der Waals surface area (Å²) in [6.07, 6.45) is 0. The highest BCUT2D eigenvalue weighted by molar-refractivity contribution is 6.36. The van der Waals surface area contributed by atoms with Crippen LogP contribution in [-0.2, 0) is 16.1 Å². The van der Waals surface area contributed by atoms with Crippen molar-refractivity contribution in [1.29, 1.82) is 0 Å². The zero-order chi connectivity index (χ0) is 23.4. The standard InChI is InChI=1S/C27H26ClN3O2/c1-3-30(4-2)23-16-14-22(15-17-23)29-25-24(20-10-12-21(28)13-11-20)26(32)31(27(25)33)18-19-8-6-5-7-9-19/h5-17,29H,3-4,18H2,1-2H3. The summed E-state index contributed by atoms with van der Waals surface area (Å²) in [5.74, 6) is -0.671. The number of benzene rings is 3. The molecule has 0 aromatic heterocycles. The average molecular weight is 460 g/mol. The summed E-state index contributed by atoms with van der Waals surface area (Å²) in [5.41, 5.74) is 4.01. The van der Waals surface area contributed by atoms with E-state index in [9.17, 15) is 9.59 Å². The van der Waals surface area contributed by atoms with E-state index < -0.39 is 0 Å². The molecule has 3 aromatic carbocycles. The molecule has 0 spiro atoms. The molecule has 5 nitrogen and oxygen atoms in total. The van der Waals surface area contributed by atoms with Crippen molar-refractivity contribution in [2.45, 2.75) is 20.4 Å². The number of amides is 2. The van der Waals surface area contributed by atoms with Crippen molar-refractivity contribution in [1.82, 2.24) is 4.90 Å². The lowest BCUT2D eigenvalue weighted by Crippen LogP contribution is -2.32. The lowest BCUT2D eigenvalue weighted by atomic mass is 10.0. The van der Waals surface area contributed by atoms with Crippen molar-refractivity contribution < 1.29 is 9.59 Å². The second kappa shape index (κ2) is 9.92. The molecular formula is C27H26ClN3O2. The largest absolute Gasteiger partial charge is 0.372 e. The van der Waals surface area contributed by atoms with Crippen LogP contribution in [-0.4, -0.2) is 29.8 Å². The van der Waals surface area contributed by atoms with Gasteiger partial charge in [0.25, 0.3) is 11.8 Å². The Morgan fingerprint density at radius 1 is 0.818 bits per heavy atom. The summed E-state index contributed by atoms with van der Waals surface area (Å²) >= 11 is 6.05. The van der Waals surface area contributed by atoms with Crippen molar-refractivity contribution in [2.75, 3.05) is 23.3 Å². The zero-order valence-electron chi connectivity index (χ0n) is 18.7. The molecule has 0 saturated carbocycles. The Balaban J connectivity index is 1.68. The van der Waals surface area contributed by atoms with Crippen LogP contribution in [0.15, 0.2) is 84.6 Å². The summed E-state index contributed by atoms with van der Waals surface area (Å²) in [5, 5.41) is 3.79. The van der Waals surface area contributed by atoms with E-state index in [1.807, 2.05) is 54.6 Å². The Labute approximate surface area is 199 Å². The predicted octanol–water partition coefficient (Wildman–Crippen LogP) is 5.58. The first-order valence-electron chi connectivity index (χ1n) is 11.0. The van der Waals surface area contributed by atoms with Crippen molar-refractivity contribution in [2.24, 2.45) is 0 Å². The first-order valence-corrected chi connectivity index (χ1v) is 11.4. The molecule has 4 rings (SSSR count). The molecule has 3 aromatic rings. The highest BCUT2D eigenvalue weighted by atomic mass is 35.5. The van der Waals surface area contributed by atoms with Crippen LogP contribution in [0.3, 0.4) is 0 Å². The highest BCUT2D eigenvalue weighted by Gasteiger charge is 2.39. The summed E-state index contributed by atoms with van der Waals surface area (Å²) in [7, 11) is 0. The normalized spacial score (nSPS) is 13.6. The fraction of sp³-hybridized carbons (Fsp3) is 0.185. The second-order valence-electron chi connectivity index (χ2n) is 7.78. The third kappa shape index (κ3) is 4.78. The van der Waals surface area contributed by atoms with Gasteiger partial charge in [-0.1, -0.05) is 54.1 Å². The van der Waals surface area contributed by atoms with Crippen LogP contribution in [0.4, 0.5) is 11.4 Å². The molecule has 33 heavy (non-hydrogen) atoms. The van der Waals surface area contributed by atoms with Gasteiger partial charge in [-0.3, -0.25) is 14.5 Å². The maximum atomic E-state index is 13.4. The van der Waals surface area contributed by atoms with Gasteiger partial charge in [0.2, 0.25) is 0 Å². The lowest BCUT2D eigenvalue weighted by molar-refractivity contribution is -0.137. The molecule has 1 N–H and O–H groups in total. The van der Waals surface area contributed by atoms with Gasteiger partial charge in [-0.2, -0.15) is 0 Å². The lowest BCUT2D eigenvalue weighted by Gasteiger charge is -2.21. The van der Waals surface area contributed by atoms with Gasteiger partial charge < -0.3 is 10.2 Å². The number of anilines is 2. The molecule has 2 amide bonds. The van der Waals surface area contributed by atoms with Gasteiger partial charge in [0, 0.05) is 29.5 Å². The van der Waals surface area contributed by atoms with Crippen LogP contribution in [0.5, 0.6) is 0 Å². The number of nitrogens with one attached hydrogen (secondary N) is 1. The summed E-state index contributed by atoms with van der Waals surface area (Å²) in [6, 6.07) is 24.4. The van der Waals surface area contributed by atoms with E-state index in [1.165, 1.54) is 4.90 Å². The minimum atomic E-state index is -0.346. The predicted molar refractivity (Wildman–Crippen MR) is 134 cm³/mol. The maximum absolute atomic E-state index is 13.4. The fourth-order valence-corrected chi connectivity index (χ4v) is 4.10. The van der Waals surface area contributed by atoms with Gasteiger partial charge in [0.1, 0.15) is 5.70 Å². The number of rotatable bonds is 8. The molecule has 0 atom stereocenters. The average Bonchev–Trinajstić information content (AvgIpc) is 3.06. The van der Waals surface area contributed by atoms with E-state index in [0.717, 1.165) is 30.0 Å². The minimum absolute atomic E-state index is 0.210. The number of carbonyl (C=O) groups excluding carboxylic acids is 2. The topological polar surface area (TPSA) is 52.7 Å². The van der Waals surface area contributed by atoms with Crippen LogP contribution in [0, 0.1) is 0 Å². The third-order valence-corrected chi connectivity index (χ3v) is 6.00. The second-order valence-corrected chi connectivity index (χ2v) is 8.22. The molecule has 0 aliphatic carbocycles. The van der Waals surface area contributed by atoms with Gasteiger partial charge in [-0.15, -0.1) is 0 Å². The molecule has 1 heterocycles. The molecule has 6 heteroatoms. The Morgan fingerprint density at radius 3 is 2.06 bits per heavy atom. The van der Waals surface area contributed by atoms with Crippen LogP contribution in [0.1, 0.15) is 25.0 Å². The van der Waals surface area contributed by atoms with Gasteiger partial charge in [0.15, 0.2) is 0 Å². The molecule has 168 valence electrons. The van der Waals surface area contributed by atoms with E-state index >= 15 is 0 Å². The van der Waals surface area contributed by atoms with Gasteiger partial charge in [-0.05, 0) is 61.4 Å². The number of carbonyl (C=O) groups is 2. The van der Waals surface area contributed by atoms with E-state index in [0.29, 0.717) is 16.2 Å². The summed E-state index contributed by atoms with van der Waals surface area (Å²) < 4.78 is 0. The van der Waals surface area contributed by atoms with Crippen LogP contribution < -0.4 is 10.2 Å². The maximum Gasteiger partial charge on any atom is 0.278 e. The Kier molecular flexibility index (Phi) is 6.80. The number of nitrogens with zero attached hydrogens (tertiary/aromatic N) is 2. The zero-order valence-corrected chi connectivity index (χ0v) is 19.5. The highest BCUT2D eigenvalue weighted by Crippen LogP contribution is 2.32. The van der Waals surface area contributed by atoms with E-state index in [4.69, 9.17) is 11.6 Å². The van der Waals surface area contributed by atoms with E-state index in [-0.39, 0.29) is 24.1 Å². The number of hydrogen-bond donors (Lipinski definition) is 1. The Morgan fingerprint density at radius 2 is 1.45 bits per heavy atom. The summed E-state index contributed by atoms with van der Waals surface area (Å²) in [6.45, 7) is 6.26. The fourth-order valence-electron chi connectivity index (χ4n) is 3.97. The van der Waals surface area contributed by atoms with Crippen LogP contribution in [0.2, 0.25) is 5.02 Å². The molecule has 0 radical (unpaired) electrons. The van der Waals surface area contributed by atoms with Gasteiger partial charge in [-0.25, -0.2) is 0 Å². The van der Waals surface area contributed by atoms with E-state index in [1.54, 1.807) is 24.3 Å². The minimum Gasteiger partial charge on any atom is -0.372 e. The SMILES string of the molecule is CCN(CC)c1ccc(NC2=C(c3ccc(Cl)cc3)C(=O)N(Cc3ccccc3)C2=O)cc1. The van der Waals surface area contributed by atoms with Crippen molar-refractivity contribution >= 4 is 40.4 Å². The molecule has 0 unspecified atom stereocenters.